The van der Waals surface area contributed by atoms with Gasteiger partial charge in [-0.2, -0.15) is 0 Å². The number of fused-ring (bicyclic) bond motifs is 14. The molecule has 2 aliphatic rings. The zero-order chi connectivity index (χ0) is 40.8. The van der Waals surface area contributed by atoms with Crippen molar-refractivity contribution in [1.29, 1.82) is 0 Å². The lowest BCUT2D eigenvalue weighted by Crippen LogP contribution is -2.26. The molecule has 13 rings (SSSR count). The standard InChI is InChI=1S/C61H39N/c1-2-21-42(22-3-1)62(43-36-37-51-50-29-12-15-34-57(50)61(58(51)39-43)55-32-13-10-27-48(55)49-28-11-14-33-56(49)61)59-35-17-31-53(60(59)52-30-16-20-40-18-4-6-23-44(40)52)54-38-41-19-5-7-24-45(41)46-25-8-9-26-47(46)54/h1-39H. The van der Waals surface area contributed by atoms with Crippen molar-refractivity contribution in [3.05, 3.63) is 259 Å². The highest BCUT2D eigenvalue weighted by Crippen LogP contribution is 2.63. The van der Waals surface area contributed by atoms with Gasteiger partial charge in [0, 0.05) is 16.9 Å². The zero-order valence-electron chi connectivity index (χ0n) is 34.0. The van der Waals surface area contributed by atoms with Gasteiger partial charge in [-0.3, -0.25) is 0 Å². The molecule has 0 saturated heterocycles. The summed E-state index contributed by atoms with van der Waals surface area (Å²) < 4.78 is 0. The SMILES string of the molecule is c1ccc(N(c2ccc3c(c2)C2(c4ccccc4-c4ccccc42)c2ccccc2-3)c2cccc(-c3cc4ccccc4c4ccccc34)c2-c2cccc3ccccc23)cc1. The number of hydrogen-bond acceptors (Lipinski definition) is 1. The quantitative estimate of drug-likeness (QED) is 0.157. The molecule has 0 aromatic heterocycles. The molecule has 0 N–H and O–H groups in total. The second kappa shape index (κ2) is 13.5. The van der Waals surface area contributed by atoms with Gasteiger partial charge in [-0.1, -0.05) is 200 Å². The van der Waals surface area contributed by atoms with Gasteiger partial charge in [0.05, 0.1) is 11.1 Å². The predicted octanol–water partition coefficient (Wildman–Crippen LogP) is 16.3. The molecular formula is C61H39N. The first-order valence-electron chi connectivity index (χ1n) is 21.6. The molecule has 0 amide bonds. The highest BCUT2D eigenvalue weighted by atomic mass is 15.1. The van der Waals surface area contributed by atoms with Crippen LogP contribution in [-0.2, 0) is 5.41 Å². The van der Waals surface area contributed by atoms with Gasteiger partial charge in [0.15, 0.2) is 0 Å². The van der Waals surface area contributed by atoms with E-state index in [1.165, 1.54) is 99.1 Å². The van der Waals surface area contributed by atoms with Crippen LogP contribution in [0, 0.1) is 0 Å². The van der Waals surface area contributed by atoms with Crippen LogP contribution in [0.3, 0.4) is 0 Å². The first kappa shape index (κ1) is 34.8. The molecule has 0 saturated carbocycles. The molecule has 0 fully saturated rings. The van der Waals surface area contributed by atoms with Crippen LogP contribution in [-0.4, -0.2) is 0 Å². The Kier molecular flexibility index (Phi) is 7.59. The van der Waals surface area contributed by atoms with Gasteiger partial charge in [-0.25, -0.2) is 0 Å². The maximum Gasteiger partial charge on any atom is 0.0726 e. The Morgan fingerprint density at radius 1 is 0.258 bits per heavy atom. The van der Waals surface area contributed by atoms with E-state index in [9.17, 15) is 0 Å². The van der Waals surface area contributed by atoms with Crippen molar-refractivity contribution in [2.75, 3.05) is 4.90 Å². The Labute approximate surface area is 361 Å². The molecule has 2 aliphatic carbocycles. The molecule has 1 nitrogen and oxygen atoms in total. The number of benzene rings is 11. The van der Waals surface area contributed by atoms with E-state index in [-0.39, 0.29) is 0 Å². The first-order valence-corrected chi connectivity index (χ1v) is 21.6. The third kappa shape index (κ3) is 4.85. The van der Waals surface area contributed by atoms with Crippen molar-refractivity contribution in [2.45, 2.75) is 5.41 Å². The van der Waals surface area contributed by atoms with E-state index in [2.05, 4.69) is 241 Å². The molecule has 11 aromatic carbocycles. The number of anilines is 3. The minimum absolute atomic E-state index is 0.457. The Morgan fingerprint density at radius 3 is 1.47 bits per heavy atom. The maximum absolute atomic E-state index is 2.51. The minimum atomic E-state index is -0.457. The Hall–Kier alpha value is -8.00. The zero-order valence-corrected chi connectivity index (χ0v) is 34.0. The average molecular weight is 786 g/mol. The van der Waals surface area contributed by atoms with E-state index in [1.807, 2.05) is 0 Å². The first-order chi connectivity index (χ1) is 30.8. The summed E-state index contributed by atoms with van der Waals surface area (Å²) in [5.74, 6) is 0. The molecule has 1 heteroatoms. The second-order valence-electron chi connectivity index (χ2n) is 16.7. The van der Waals surface area contributed by atoms with Crippen molar-refractivity contribution in [3.8, 4) is 44.5 Å². The second-order valence-corrected chi connectivity index (χ2v) is 16.7. The van der Waals surface area contributed by atoms with Crippen LogP contribution < -0.4 is 4.90 Å². The largest absolute Gasteiger partial charge is 0.310 e. The Morgan fingerprint density at radius 2 is 0.758 bits per heavy atom. The monoisotopic (exact) mass is 785 g/mol. The van der Waals surface area contributed by atoms with Crippen LogP contribution in [0.5, 0.6) is 0 Å². The lowest BCUT2D eigenvalue weighted by atomic mass is 9.70. The van der Waals surface area contributed by atoms with Gasteiger partial charge in [-0.15, -0.1) is 0 Å². The normalized spacial score (nSPS) is 13.0. The Balaban J connectivity index is 1.14. The predicted molar refractivity (Wildman–Crippen MR) is 261 cm³/mol. The number of para-hydroxylation sites is 1. The highest BCUT2D eigenvalue weighted by Gasteiger charge is 2.51. The molecule has 1 spiro atoms. The third-order valence-electron chi connectivity index (χ3n) is 13.7. The number of hydrogen-bond donors (Lipinski definition) is 0. The molecule has 11 aromatic rings. The fourth-order valence-electron chi connectivity index (χ4n) is 11.2. The summed E-state index contributed by atoms with van der Waals surface area (Å²) in [7, 11) is 0. The van der Waals surface area contributed by atoms with E-state index < -0.39 is 5.41 Å². The fraction of sp³-hybridized carbons (Fsp3) is 0.0164. The van der Waals surface area contributed by atoms with Crippen molar-refractivity contribution in [3.63, 3.8) is 0 Å². The molecule has 0 bridgehead atoms. The van der Waals surface area contributed by atoms with Crippen LogP contribution in [0.15, 0.2) is 237 Å². The minimum Gasteiger partial charge on any atom is -0.310 e. The van der Waals surface area contributed by atoms with Gasteiger partial charge < -0.3 is 4.90 Å². The Bertz CT molecular complexity index is 3530. The van der Waals surface area contributed by atoms with Gasteiger partial charge >= 0.3 is 0 Å². The van der Waals surface area contributed by atoms with Crippen molar-refractivity contribution < 1.29 is 0 Å². The lowest BCUT2D eigenvalue weighted by Gasteiger charge is -2.33. The van der Waals surface area contributed by atoms with Crippen LogP contribution in [0.2, 0.25) is 0 Å². The summed E-state index contributed by atoms with van der Waals surface area (Å²) >= 11 is 0. The van der Waals surface area contributed by atoms with Crippen molar-refractivity contribution in [2.24, 2.45) is 0 Å². The van der Waals surface area contributed by atoms with Crippen molar-refractivity contribution in [1.82, 2.24) is 0 Å². The van der Waals surface area contributed by atoms with Crippen molar-refractivity contribution >= 4 is 49.4 Å². The average Bonchev–Trinajstić information content (AvgIpc) is 3.81. The van der Waals surface area contributed by atoms with Crippen LogP contribution in [0.25, 0.3) is 76.8 Å². The summed E-state index contributed by atoms with van der Waals surface area (Å²) in [5.41, 5.74) is 18.3. The molecule has 288 valence electrons. The van der Waals surface area contributed by atoms with Crippen LogP contribution in [0.1, 0.15) is 22.3 Å². The topological polar surface area (TPSA) is 3.24 Å². The van der Waals surface area contributed by atoms with Gasteiger partial charge in [0.2, 0.25) is 0 Å². The summed E-state index contributed by atoms with van der Waals surface area (Å²) in [4.78, 5) is 2.51. The van der Waals surface area contributed by atoms with Gasteiger partial charge in [0.1, 0.15) is 0 Å². The highest BCUT2D eigenvalue weighted by molar-refractivity contribution is 6.17. The molecule has 0 atom stereocenters. The molecule has 0 aliphatic heterocycles. The summed E-state index contributed by atoms with van der Waals surface area (Å²) in [6.45, 7) is 0. The molecule has 0 heterocycles. The van der Waals surface area contributed by atoms with Crippen LogP contribution >= 0.6 is 0 Å². The summed E-state index contributed by atoms with van der Waals surface area (Å²) in [6, 6.07) is 88.0. The van der Waals surface area contributed by atoms with Gasteiger partial charge in [0.25, 0.3) is 0 Å². The van der Waals surface area contributed by atoms with E-state index in [0.717, 1.165) is 17.1 Å². The smallest absolute Gasteiger partial charge is 0.0726 e. The fourth-order valence-corrected chi connectivity index (χ4v) is 11.2. The van der Waals surface area contributed by atoms with E-state index in [0.29, 0.717) is 0 Å². The summed E-state index contributed by atoms with van der Waals surface area (Å²) in [6.07, 6.45) is 0. The van der Waals surface area contributed by atoms with E-state index >= 15 is 0 Å². The molecule has 62 heavy (non-hydrogen) atoms. The number of rotatable bonds is 5. The lowest BCUT2D eigenvalue weighted by molar-refractivity contribution is 0.793. The summed E-state index contributed by atoms with van der Waals surface area (Å²) in [5, 5.41) is 7.45. The third-order valence-corrected chi connectivity index (χ3v) is 13.7. The maximum atomic E-state index is 2.51. The molecule has 0 radical (unpaired) electrons. The number of nitrogens with zero attached hydrogens (tertiary/aromatic N) is 1. The van der Waals surface area contributed by atoms with E-state index in [1.54, 1.807) is 0 Å². The van der Waals surface area contributed by atoms with Crippen LogP contribution in [0.4, 0.5) is 17.1 Å². The molecule has 0 unspecified atom stereocenters. The van der Waals surface area contributed by atoms with Gasteiger partial charge in [-0.05, 0) is 130 Å². The molecular weight excluding hydrogens is 747 g/mol. The van der Waals surface area contributed by atoms with E-state index in [4.69, 9.17) is 0 Å².